The van der Waals surface area contributed by atoms with Crippen LogP contribution in [0.2, 0.25) is 0 Å². The molecule has 4 nitrogen and oxygen atoms in total. The lowest BCUT2D eigenvalue weighted by Gasteiger charge is -2.04. The molecule has 0 saturated heterocycles. The number of hydrogen-bond donors (Lipinski definition) is 2. The second-order valence-corrected chi connectivity index (χ2v) is 2.91. The van der Waals surface area contributed by atoms with Crippen molar-refractivity contribution in [3.05, 3.63) is 24.0 Å². The minimum atomic E-state index is -0.0221. The number of aliphatic hydroxyl groups is 1. The van der Waals surface area contributed by atoms with E-state index in [2.05, 4.69) is 10.3 Å². The number of nitrogens with zero attached hydrogens (tertiary/aromatic N) is 1. The van der Waals surface area contributed by atoms with E-state index in [1.54, 1.807) is 25.3 Å². The van der Waals surface area contributed by atoms with Crippen molar-refractivity contribution in [1.29, 1.82) is 0 Å². The Morgan fingerprint density at radius 3 is 3.07 bits per heavy atom. The average molecular weight is 194 g/mol. The van der Waals surface area contributed by atoms with E-state index in [0.717, 1.165) is 11.4 Å². The number of aromatic nitrogens is 1. The van der Waals surface area contributed by atoms with Crippen molar-refractivity contribution in [2.75, 3.05) is 11.9 Å². The van der Waals surface area contributed by atoms with E-state index in [1.807, 2.05) is 0 Å². The topological polar surface area (TPSA) is 62.2 Å². The van der Waals surface area contributed by atoms with Crippen molar-refractivity contribution in [2.45, 2.75) is 19.8 Å². The van der Waals surface area contributed by atoms with E-state index in [-0.39, 0.29) is 12.5 Å². The van der Waals surface area contributed by atoms with Gasteiger partial charge in [0.15, 0.2) is 0 Å². The first-order chi connectivity index (χ1) is 6.76. The Labute approximate surface area is 83.0 Å². The number of aliphatic hydroxyl groups excluding tert-OH is 1. The molecule has 0 unspecified atom stereocenters. The smallest absolute Gasteiger partial charge is 0.224 e. The van der Waals surface area contributed by atoms with Crippen LogP contribution in [0.25, 0.3) is 0 Å². The van der Waals surface area contributed by atoms with Crippen LogP contribution in [0.1, 0.15) is 19.0 Å². The summed E-state index contributed by atoms with van der Waals surface area (Å²) >= 11 is 0. The van der Waals surface area contributed by atoms with Gasteiger partial charge >= 0.3 is 0 Å². The maximum Gasteiger partial charge on any atom is 0.224 e. The number of nitrogens with one attached hydrogen (secondary N) is 1. The Morgan fingerprint density at radius 1 is 1.64 bits per heavy atom. The molecule has 0 aliphatic rings. The van der Waals surface area contributed by atoms with Crippen LogP contribution in [0.5, 0.6) is 0 Å². The monoisotopic (exact) mass is 194 g/mol. The molecule has 1 aromatic heterocycles. The summed E-state index contributed by atoms with van der Waals surface area (Å²) in [7, 11) is 0. The highest BCUT2D eigenvalue weighted by Gasteiger charge is 2.00. The Kier molecular flexibility index (Phi) is 4.07. The van der Waals surface area contributed by atoms with Gasteiger partial charge in [-0.15, -0.1) is 0 Å². The summed E-state index contributed by atoms with van der Waals surface area (Å²) in [6.45, 7) is 1.86. The van der Waals surface area contributed by atoms with Crippen LogP contribution in [0.15, 0.2) is 18.3 Å². The number of carbonyl (C=O) groups is 1. The lowest BCUT2D eigenvalue weighted by molar-refractivity contribution is -0.115. The number of rotatable bonds is 4. The number of anilines is 1. The standard InChI is InChI=1S/C10H14N2O2/c1-2-10(14)12-9-3-5-11-8(7-9)4-6-13/h3,5,7,13H,2,4,6H2,1H3,(H,11,12,14). The van der Waals surface area contributed by atoms with Gasteiger partial charge in [-0.25, -0.2) is 0 Å². The maximum absolute atomic E-state index is 11.1. The zero-order valence-corrected chi connectivity index (χ0v) is 8.16. The minimum absolute atomic E-state index is 0.0221. The molecule has 1 heterocycles. The van der Waals surface area contributed by atoms with Gasteiger partial charge in [-0.2, -0.15) is 0 Å². The van der Waals surface area contributed by atoms with Crippen LogP contribution in [0.3, 0.4) is 0 Å². The third-order valence-electron chi connectivity index (χ3n) is 1.79. The van der Waals surface area contributed by atoms with Crippen LogP contribution in [0.4, 0.5) is 5.69 Å². The van der Waals surface area contributed by atoms with Crippen LogP contribution < -0.4 is 5.32 Å². The fourth-order valence-electron chi connectivity index (χ4n) is 1.06. The van der Waals surface area contributed by atoms with Crippen molar-refractivity contribution in [2.24, 2.45) is 0 Å². The number of amides is 1. The highest BCUT2D eigenvalue weighted by Crippen LogP contribution is 2.08. The molecule has 1 aromatic rings. The van der Waals surface area contributed by atoms with Crippen LogP contribution in [0, 0.1) is 0 Å². The molecule has 0 aromatic carbocycles. The van der Waals surface area contributed by atoms with Crippen molar-refractivity contribution in [3.8, 4) is 0 Å². The second-order valence-electron chi connectivity index (χ2n) is 2.91. The summed E-state index contributed by atoms with van der Waals surface area (Å²) < 4.78 is 0. The average Bonchev–Trinajstić information content (AvgIpc) is 2.19. The fourth-order valence-corrected chi connectivity index (χ4v) is 1.06. The van der Waals surface area contributed by atoms with Crippen molar-refractivity contribution in [1.82, 2.24) is 4.98 Å². The predicted octanol–water partition coefficient (Wildman–Crippen LogP) is 0.965. The molecule has 2 N–H and O–H groups in total. The molecule has 0 aliphatic carbocycles. The number of pyridine rings is 1. The fraction of sp³-hybridized carbons (Fsp3) is 0.400. The van der Waals surface area contributed by atoms with Gasteiger partial charge in [0.05, 0.1) is 0 Å². The summed E-state index contributed by atoms with van der Waals surface area (Å²) in [4.78, 5) is 15.1. The van der Waals surface area contributed by atoms with Crippen LogP contribution in [-0.2, 0) is 11.2 Å². The molecule has 14 heavy (non-hydrogen) atoms. The Bertz CT molecular complexity index is 313. The molecule has 0 saturated carbocycles. The van der Waals surface area contributed by atoms with Gasteiger partial charge in [0.1, 0.15) is 0 Å². The van der Waals surface area contributed by atoms with E-state index in [0.29, 0.717) is 12.8 Å². The van der Waals surface area contributed by atoms with Gasteiger partial charge in [-0.05, 0) is 12.1 Å². The lowest BCUT2D eigenvalue weighted by atomic mass is 10.2. The normalized spacial score (nSPS) is 9.86. The molecule has 0 radical (unpaired) electrons. The summed E-state index contributed by atoms with van der Waals surface area (Å²) in [6, 6.07) is 3.50. The molecule has 0 spiro atoms. The van der Waals surface area contributed by atoms with Gasteiger partial charge in [0.2, 0.25) is 5.91 Å². The Balaban J connectivity index is 2.68. The molecule has 0 atom stereocenters. The van der Waals surface area contributed by atoms with Crippen molar-refractivity contribution < 1.29 is 9.90 Å². The van der Waals surface area contributed by atoms with Crippen LogP contribution in [-0.4, -0.2) is 22.6 Å². The molecule has 76 valence electrons. The minimum Gasteiger partial charge on any atom is -0.396 e. The molecule has 0 aliphatic heterocycles. The lowest BCUT2D eigenvalue weighted by Crippen LogP contribution is -2.10. The van der Waals surface area contributed by atoms with Gasteiger partial charge in [-0.1, -0.05) is 6.92 Å². The highest BCUT2D eigenvalue weighted by atomic mass is 16.3. The van der Waals surface area contributed by atoms with E-state index in [9.17, 15) is 4.79 Å². The molecule has 0 bridgehead atoms. The Morgan fingerprint density at radius 2 is 2.43 bits per heavy atom. The van der Waals surface area contributed by atoms with Gasteiger partial charge in [0.25, 0.3) is 0 Å². The summed E-state index contributed by atoms with van der Waals surface area (Å²) in [6.07, 6.45) is 2.59. The predicted molar refractivity (Wildman–Crippen MR) is 53.9 cm³/mol. The number of hydrogen-bond acceptors (Lipinski definition) is 3. The zero-order chi connectivity index (χ0) is 10.4. The molecule has 4 heteroatoms. The first-order valence-electron chi connectivity index (χ1n) is 4.62. The van der Waals surface area contributed by atoms with Crippen molar-refractivity contribution >= 4 is 11.6 Å². The second kappa shape index (κ2) is 5.34. The van der Waals surface area contributed by atoms with E-state index in [1.165, 1.54) is 0 Å². The van der Waals surface area contributed by atoms with Gasteiger partial charge < -0.3 is 10.4 Å². The number of carbonyl (C=O) groups excluding carboxylic acids is 1. The van der Waals surface area contributed by atoms with E-state index < -0.39 is 0 Å². The summed E-state index contributed by atoms with van der Waals surface area (Å²) in [5.41, 5.74) is 1.51. The molecular weight excluding hydrogens is 180 g/mol. The quantitative estimate of drug-likeness (QED) is 0.750. The van der Waals surface area contributed by atoms with Gasteiger partial charge in [0, 0.05) is 37.0 Å². The van der Waals surface area contributed by atoms with E-state index in [4.69, 9.17) is 5.11 Å². The summed E-state index contributed by atoms with van der Waals surface area (Å²) in [5, 5.41) is 11.4. The Hall–Kier alpha value is -1.42. The highest BCUT2D eigenvalue weighted by molar-refractivity contribution is 5.90. The zero-order valence-electron chi connectivity index (χ0n) is 8.16. The first kappa shape index (κ1) is 10.7. The van der Waals surface area contributed by atoms with Crippen molar-refractivity contribution in [3.63, 3.8) is 0 Å². The third-order valence-corrected chi connectivity index (χ3v) is 1.79. The van der Waals surface area contributed by atoms with Gasteiger partial charge in [-0.3, -0.25) is 9.78 Å². The first-order valence-corrected chi connectivity index (χ1v) is 4.62. The largest absolute Gasteiger partial charge is 0.396 e. The summed E-state index contributed by atoms with van der Waals surface area (Å²) in [5.74, 6) is -0.0221. The molecule has 1 amide bonds. The SMILES string of the molecule is CCC(=O)Nc1ccnc(CCO)c1. The van der Waals surface area contributed by atoms with E-state index >= 15 is 0 Å². The third kappa shape index (κ3) is 3.14. The molecule has 1 rings (SSSR count). The maximum atomic E-state index is 11.1. The molecule has 0 fully saturated rings. The molecular formula is C10H14N2O2. The van der Waals surface area contributed by atoms with Crippen LogP contribution >= 0.6 is 0 Å².